The Balaban J connectivity index is 2.28. The molecule has 21 heavy (non-hydrogen) atoms. The molecule has 0 bridgehead atoms. The molecule has 1 fully saturated rings. The van der Waals surface area contributed by atoms with Gasteiger partial charge in [0.15, 0.2) is 0 Å². The van der Waals surface area contributed by atoms with E-state index in [0.717, 1.165) is 44.8 Å². The van der Waals surface area contributed by atoms with E-state index < -0.39 is 9.84 Å². The third-order valence-corrected chi connectivity index (χ3v) is 6.13. The molecule has 5 heteroatoms. The van der Waals surface area contributed by atoms with Gasteiger partial charge < -0.3 is 10.1 Å². The van der Waals surface area contributed by atoms with Crippen LogP contribution >= 0.6 is 0 Å². The van der Waals surface area contributed by atoms with Gasteiger partial charge in [0.05, 0.1) is 11.9 Å². The molecule has 0 heterocycles. The van der Waals surface area contributed by atoms with Crippen LogP contribution in [0, 0.1) is 5.92 Å². The minimum Gasteiger partial charge on any atom is -0.378 e. The molecule has 4 nitrogen and oxygen atoms in total. The van der Waals surface area contributed by atoms with Crippen LogP contribution < -0.4 is 5.32 Å². The summed E-state index contributed by atoms with van der Waals surface area (Å²) < 4.78 is 28.7. The molecule has 0 spiro atoms. The van der Waals surface area contributed by atoms with Crippen LogP contribution in [-0.4, -0.2) is 45.2 Å². The van der Waals surface area contributed by atoms with Crippen molar-refractivity contribution in [1.29, 1.82) is 0 Å². The molecule has 0 aromatic carbocycles. The largest absolute Gasteiger partial charge is 0.378 e. The summed E-state index contributed by atoms with van der Waals surface area (Å²) in [5.41, 5.74) is 0. The monoisotopic (exact) mass is 319 g/mol. The van der Waals surface area contributed by atoms with Crippen molar-refractivity contribution in [3.8, 4) is 0 Å². The molecule has 0 aromatic heterocycles. The number of rotatable bonds is 12. The molecule has 1 unspecified atom stereocenters. The summed E-state index contributed by atoms with van der Waals surface area (Å²) in [6.07, 6.45) is 6.84. The topological polar surface area (TPSA) is 55.4 Å². The highest BCUT2D eigenvalue weighted by Gasteiger charge is 2.31. The second-order valence-electron chi connectivity index (χ2n) is 6.18. The zero-order valence-electron chi connectivity index (χ0n) is 13.9. The number of nitrogens with one attached hydrogen (secondary N) is 1. The molecule has 0 radical (unpaired) electrons. The first-order chi connectivity index (χ1) is 10.0. The van der Waals surface area contributed by atoms with Crippen molar-refractivity contribution >= 4 is 9.84 Å². The van der Waals surface area contributed by atoms with E-state index in [-0.39, 0.29) is 5.75 Å². The summed E-state index contributed by atoms with van der Waals surface area (Å²) in [4.78, 5) is 0. The lowest BCUT2D eigenvalue weighted by molar-refractivity contribution is -0.0292. The van der Waals surface area contributed by atoms with E-state index in [2.05, 4.69) is 12.2 Å². The lowest BCUT2D eigenvalue weighted by atomic mass is 9.77. The maximum Gasteiger partial charge on any atom is 0.150 e. The molecule has 0 amide bonds. The number of ether oxygens (including phenoxy) is 1. The highest BCUT2D eigenvalue weighted by atomic mass is 32.2. The number of hydrogen-bond acceptors (Lipinski definition) is 4. The highest BCUT2D eigenvalue weighted by molar-refractivity contribution is 7.91. The Kier molecular flexibility index (Phi) is 8.83. The van der Waals surface area contributed by atoms with Gasteiger partial charge in [-0.25, -0.2) is 8.42 Å². The standard InChI is InChI=1S/C16H33NO3S/c1-4-9-17-15(8-7-10-21(18,19)6-3)11-14-12-16(13-14)20-5-2/h14-17H,4-13H2,1-3H3. The molecule has 126 valence electrons. The summed E-state index contributed by atoms with van der Waals surface area (Å²) in [6.45, 7) is 7.77. The summed E-state index contributed by atoms with van der Waals surface area (Å²) in [7, 11) is -2.82. The van der Waals surface area contributed by atoms with Crippen molar-refractivity contribution in [2.75, 3.05) is 24.7 Å². The van der Waals surface area contributed by atoms with Gasteiger partial charge in [0.25, 0.3) is 0 Å². The van der Waals surface area contributed by atoms with Crippen LogP contribution in [-0.2, 0) is 14.6 Å². The number of hydrogen-bond donors (Lipinski definition) is 1. The Morgan fingerprint density at radius 1 is 1.24 bits per heavy atom. The molecule has 1 N–H and O–H groups in total. The average Bonchev–Trinajstić information content (AvgIpc) is 2.41. The Morgan fingerprint density at radius 2 is 1.95 bits per heavy atom. The molecule has 1 atom stereocenters. The fourth-order valence-corrected chi connectivity index (χ4v) is 3.88. The number of sulfone groups is 1. The van der Waals surface area contributed by atoms with Gasteiger partial charge in [-0.1, -0.05) is 13.8 Å². The molecular weight excluding hydrogens is 286 g/mol. The maximum absolute atomic E-state index is 11.6. The van der Waals surface area contributed by atoms with Crippen LogP contribution in [0.5, 0.6) is 0 Å². The van der Waals surface area contributed by atoms with Gasteiger partial charge in [0.1, 0.15) is 9.84 Å². The van der Waals surface area contributed by atoms with Crippen LogP contribution in [0.15, 0.2) is 0 Å². The predicted molar refractivity (Wildman–Crippen MR) is 88.4 cm³/mol. The van der Waals surface area contributed by atoms with Crippen molar-refractivity contribution in [3.63, 3.8) is 0 Å². The van der Waals surface area contributed by atoms with E-state index >= 15 is 0 Å². The third-order valence-electron chi connectivity index (χ3n) is 4.34. The first kappa shape index (κ1) is 18.9. The quantitative estimate of drug-likeness (QED) is 0.601. The fourth-order valence-electron chi connectivity index (χ4n) is 2.99. The van der Waals surface area contributed by atoms with Crippen LogP contribution in [0.4, 0.5) is 0 Å². The van der Waals surface area contributed by atoms with Crippen molar-refractivity contribution < 1.29 is 13.2 Å². The normalized spacial score (nSPS) is 23.8. The molecule has 1 aliphatic rings. The van der Waals surface area contributed by atoms with Crippen LogP contribution in [0.3, 0.4) is 0 Å². The lowest BCUT2D eigenvalue weighted by Gasteiger charge is -2.37. The van der Waals surface area contributed by atoms with E-state index in [0.29, 0.717) is 17.9 Å². The molecule has 1 saturated carbocycles. The van der Waals surface area contributed by atoms with E-state index in [4.69, 9.17) is 4.74 Å². The first-order valence-electron chi connectivity index (χ1n) is 8.56. The van der Waals surface area contributed by atoms with E-state index in [1.54, 1.807) is 6.92 Å². The Hall–Kier alpha value is -0.130. The summed E-state index contributed by atoms with van der Waals surface area (Å²) in [5.74, 6) is 1.34. The van der Waals surface area contributed by atoms with E-state index in [1.807, 2.05) is 6.92 Å². The van der Waals surface area contributed by atoms with Gasteiger partial charge in [-0.05, 0) is 57.9 Å². The average molecular weight is 320 g/mol. The van der Waals surface area contributed by atoms with Gasteiger partial charge in [-0.15, -0.1) is 0 Å². The summed E-state index contributed by atoms with van der Waals surface area (Å²) in [5, 5.41) is 3.58. The van der Waals surface area contributed by atoms with Crippen molar-refractivity contribution in [2.24, 2.45) is 5.92 Å². The molecule has 0 saturated heterocycles. The summed E-state index contributed by atoms with van der Waals surface area (Å²) >= 11 is 0. The SMILES string of the molecule is CCCNC(CCCS(=O)(=O)CC)CC1CC(OCC)C1. The predicted octanol–water partition coefficient (Wildman–Crippen LogP) is 2.77. The zero-order chi connectivity index (χ0) is 15.7. The zero-order valence-corrected chi connectivity index (χ0v) is 14.8. The smallest absolute Gasteiger partial charge is 0.150 e. The fraction of sp³-hybridized carbons (Fsp3) is 1.00. The lowest BCUT2D eigenvalue weighted by Crippen LogP contribution is -2.38. The van der Waals surface area contributed by atoms with Crippen molar-refractivity contribution in [1.82, 2.24) is 5.32 Å². The van der Waals surface area contributed by atoms with Gasteiger partial charge in [-0.2, -0.15) is 0 Å². The van der Waals surface area contributed by atoms with Gasteiger partial charge in [-0.3, -0.25) is 0 Å². The second kappa shape index (κ2) is 9.80. The van der Waals surface area contributed by atoms with E-state index in [1.165, 1.54) is 12.8 Å². The van der Waals surface area contributed by atoms with Gasteiger partial charge in [0, 0.05) is 18.4 Å². The van der Waals surface area contributed by atoms with Crippen LogP contribution in [0.2, 0.25) is 0 Å². The van der Waals surface area contributed by atoms with Gasteiger partial charge in [0.2, 0.25) is 0 Å². The van der Waals surface area contributed by atoms with Crippen LogP contribution in [0.25, 0.3) is 0 Å². The summed E-state index contributed by atoms with van der Waals surface area (Å²) in [6, 6.07) is 0.463. The minimum absolute atomic E-state index is 0.263. The Morgan fingerprint density at radius 3 is 2.52 bits per heavy atom. The molecule has 0 aromatic rings. The second-order valence-corrected chi connectivity index (χ2v) is 8.65. The van der Waals surface area contributed by atoms with Crippen molar-refractivity contribution in [3.05, 3.63) is 0 Å². The minimum atomic E-state index is -2.82. The highest BCUT2D eigenvalue weighted by Crippen LogP contribution is 2.34. The molecule has 0 aliphatic heterocycles. The van der Waals surface area contributed by atoms with Gasteiger partial charge >= 0.3 is 0 Å². The van der Waals surface area contributed by atoms with E-state index in [9.17, 15) is 8.42 Å². The molecular formula is C16H33NO3S. The van der Waals surface area contributed by atoms with Crippen LogP contribution in [0.1, 0.15) is 59.3 Å². The first-order valence-corrected chi connectivity index (χ1v) is 10.4. The third kappa shape index (κ3) is 7.61. The van der Waals surface area contributed by atoms with Crippen molar-refractivity contribution in [2.45, 2.75) is 71.4 Å². The Labute approximate surface area is 130 Å². The maximum atomic E-state index is 11.6. The molecule has 1 rings (SSSR count). The molecule has 1 aliphatic carbocycles. The Bertz CT molecular complexity index is 364.